The van der Waals surface area contributed by atoms with Gasteiger partial charge in [-0.1, -0.05) is 12.1 Å². The Labute approximate surface area is 206 Å². The molecule has 0 radical (unpaired) electrons. The summed E-state index contributed by atoms with van der Waals surface area (Å²) in [4.78, 5) is 16.2. The maximum atomic E-state index is 14.3. The third kappa shape index (κ3) is 7.31. The van der Waals surface area contributed by atoms with Gasteiger partial charge in [0, 0.05) is 17.6 Å². The first-order valence-electron chi connectivity index (χ1n) is 10.9. The SMILES string of the molecule is CC(NC(=O)OC(C)(C)C)C(N[S@+]([O-])C(C)(C)C)(c1ccc(C(F)(F)F)cc1)c1ccnc(F)c1. The van der Waals surface area contributed by atoms with Crippen LogP contribution in [0, 0.1) is 5.95 Å². The summed E-state index contributed by atoms with van der Waals surface area (Å²) in [6.45, 7) is 11.7. The number of carbonyl (C=O) groups is 1. The number of nitrogens with one attached hydrogen (secondary N) is 2. The molecule has 1 amide bonds. The molecule has 0 aliphatic rings. The number of benzene rings is 1. The number of carbonyl (C=O) groups excluding carboxylic acids is 1. The number of alkyl carbamates (subject to hydrolysis) is 1. The summed E-state index contributed by atoms with van der Waals surface area (Å²) in [6.07, 6.45) is -4.20. The van der Waals surface area contributed by atoms with Crippen LogP contribution in [0.3, 0.4) is 0 Å². The molecule has 1 heterocycles. The van der Waals surface area contributed by atoms with Gasteiger partial charge in [-0.25, -0.2) is 9.78 Å². The van der Waals surface area contributed by atoms with Crippen LogP contribution in [0.5, 0.6) is 0 Å². The van der Waals surface area contributed by atoms with Crippen LogP contribution in [0.15, 0.2) is 42.6 Å². The predicted octanol–water partition coefficient (Wildman–Crippen LogP) is 5.45. The van der Waals surface area contributed by atoms with Crippen molar-refractivity contribution in [3.8, 4) is 0 Å². The number of nitrogens with zero attached hydrogens (tertiary/aromatic N) is 1. The van der Waals surface area contributed by atoms with E-state index in [0.29, 0.717) is 0 Å². The molecule has 0 fully saturated rings. The fourth-order valence-electron chi connectivity index (χ4n) is 3.33. The standard InChI is InChI=1S/C24H31F4N3O3S/c1-15(30-20(32)34-21(2,3)4)23(31-35(33)22(5,6)7,18-12-13-29-19(25)14-18)16-8-10-17(11-9-16)24(26,27)28/h8-15,31H,1-7H3,(H,30,32)/t15?,23?,35-/m1/s1. The van der Waals surface area contributed by atoms with Gasteiger partial charge in [0.1, 0.15) is 15.9 Å². The van der Waals surface area contributed by atoms with E-state index in [0.717, 1.165) is 18.2 Å². The molecule has 0 saturated carbocycles. The zero-order valence-corrected chi connectivity index (χ0v) is 21.5. The third-order valence-corrected chi connectivity index (χ3v) is 6.66. The van der Waals surface area contributed by atoms with Crippen molar-refractivity contribution in [1.82, 2.24) is 15.0 Å². The van der Waals surface area contributed by atoms with Crippen LogP contribution in [0.1, 0.15) is 65.2 Å². The highest BCUT2D eigenvalue weighted by Crippen LogP contribution is 2.38. The minimum Gasteiger partial charge on any atom is -0.598 e. The highest BCUT2D eigenvalue weighted by atomic mass is 32.2. The first-order valence-corrected chi connectivity index (χ1v) is 12.0. The lowest BCUT2D eigenvalue weighted by molar-refractivity contribution is -0.137. The average Bonchev–Trinajstić information content (AvgIpc) is 2.69. The van der Waals surface area contributed by atoms with Gasteiger partial charge in [0.25, 0.3) is 0 Å². The molecule has 2 aromatic rings. The Balaban J connectivity index is 2.75. The van der Waals surface area contributed by atoms with E-state index in [2.05, 4.69) is 15.0 Å². The number of hydrogen-bond donors (Lipinski definition) is 2. The summed E-state index contributed by atoms with van der Waals surface area (Å²) >= 11 is -1.80. The van der Waals surface area contributed by atoms with Crippen molar-refractivity contribution in [3.63, 3.8) is 0 Å². The molecule has 1 aromatic carbocycles. The Morgan fingerprint density at radius 2 is 1.54 bits per heavy atom. The fourth-order valence-corrected chi connectivity index (χ4v) is 4.35. The van der Waals surface area contributed by atoms with Crippen LogP contribution in [-0.4, -0.2) is 32.0 Å². The van der Waals surface area contributed by atoms with Crippen LogP contribution in [0.25, 0.3) is 0 Å². The summed E-state index contributed by atoms with van der Waals surface area (Å²) in [5.74, 6) is -0.855. The smallest absolute Gasteiger partial charge is 0.416 e. The van der Waals surface area contributed by atoms with E-state index in [1.165, 1.54) is 24.4 Å². The Morgan fingerprint density at radius 3 is 2.00 bits per heavy atom. The van der Waals surface area contributed by atoms with E-state index in [1.807, 2.05) is 0 Å². The second-order valence-electron chi connectivity index (χ2n) is 10.1. The summed E-state index contributed by atoms with van der Waals surface area (Å²) in [5, 5.41) is 2.67. The average molecular weight is 518 g/mol. The summed E-state index contributed by atoms with van der Waals surface area (Å²) in [5.41, 5.74) is -2.92. The van der Waals surface area contributed by atoms with Crippen LogP contribution >= 0.6 is 0 Å². The molecule has 2 N–H and O–H groups in total. The zero-order valence-electron chi connectivity index (χ0n) is 20.7. The van der Waals surface area contributed by atoms with Crippen LogP contribution in [0.2, 0.25) is 0 Å². The molecule has 3 atom stereocenters. The number of aromatic nitrogens is 1. The normalized spacial score (nSPS) is 16.2. The van der Waals surface area contributed by atoms with Gasteiger partial charge in [-0.15, -0.1) is 4.72 Å². The number of pyridine rings is 1. The second kappa shape index (κ2) is 10.3. The van der Waals surface area contributed by atoms with E-state index in [9.17, 15) is 26.9 Å². The van der Waals surface area contributed by atoms with Gasteiger partial charge in [0.2, 0.25) is 5.95 Å². The minimum absolute atomic E-state index is 0.200. The van der Waals surface area contributed by atoms with Crippen molar-refractivity contribution in [2.75, 3.05) is 0 Å². The van der Waals surface area contributed by atoms with Crippen molar-refractivity contribution in [1.29, 1.82) is 0 Å². The molecule has 0 bridgehead atoms. The molecule has 2 rings (SSSR count). The van der Waals surface area contributed by atoms with Crippen molar-refractivity contribution in [2.45, 2.75) is 76.6 Å². The molecular weight excluding hydrogens is 486 g/mol. The lowest BCUT2D eigenvalue weighted by atomic mass is 9.78. The van der Waals surface area contributed by atoms with Crippen LogP contribution in [0.4, 0.5) is 22.4 Å². The Kier molecular flexibility index (Phi) is 8.51. The lowest BCUT2D eigenvalue weighted by Gasteiger charge is -2.42. The number of amides is 1. The van der Waals surface area contributed by atoms with Gasteiger partial charge in [0.15, 0.2) is 0 Å². The molecule has 0 saturated heterocycles. The molecule has 0 spiro atoms. The van der Waals surface area contributed by atoms with Crippen molar-refractivity contribution >= 4 is 17.5 Å². The van der Waals surface area contributed by atoms with Crippen LogP contribution in [-0.2, 0) is 27.8 Å². The van der Waals surface area contributed by atoms with E-state index in [1.54, 1.807) is 48.5 Å². The summed E-state index contributed by atoms with van der Waals surface area (Å²) < 4.78 is 74.9. The molecule has 35 heavy (non-hydrogen) atoms. The van der Waals surface area contributed by atoms with E-state index < -0.39 is 57.1 Å². The monoisotopic (exact) mass is 517 g/mol. The Bertz CT molecular complexity index is 1020. The molecule has 194 valence electrons. The Morgan fingerprint density at radius 1 is 1.00 bits per heavy atom. The zero-order chi connectivity index (χ0) is 26.8. The fraction of sp³-hybridized carbons (Fsp3) is 0.500. The van der Waals surface area contributed by atoms with Gasteiger partial charge in [0.05, 0.1) is 11.6 Å². The molecule has 0 aliphatic carbocycles. The topological polar surface area (TPSA) is 86.3 Å². The van der Waals surface area contributed by atoms with E-state index >= 15 is 0 Å². The first kappa shape index (κ1) is 28.9. The Hall–Kier alpha value is -2.37. The second-order valence-corrected chi connectivity index (χ2v) is 12.1. The number of alkyl halides is 3. The maximum absolute atomic E-state index is 14.3. The third-order valence-electron chi connectivity index (χ3n) is 5.04. The van der Waals surface area contributed by atoms with E-state index in [4.69, 9.17) is 4.74 Å². The van der Waals surface area contributed by atoms with Gasteiger partial charge in [-0.3, -0.25) is 0 Å². The molecule has 0 aliphatic heterocycles. The summed E-state index contributed by atoms with van der Waals surface area (Å²) in [6, 6.07) is 5.73. The number of hydrogen-bond acceptors (Lipinski definition) is 5. The maximum Gasteiger partial charge on any atom is 0.416 e. The first-order chi connectivity index (χ1) is 15.9. The highest BCUT2D eigenvalue weighted by molar-refractivity contribution is 7.90. The summed E-state index contributed by atoms with van der Waals surface area (Å²) in [7, 11) is 0. The molecule has 11 heteroatoms. The van der Waals surface area contributed by atoms with Gasteiger partial charge < -0.3 is 14.6 Å². The number of halogens is 4. The van der Waals surface area contributed by atoms with E-state index in [-0.39, 0.29) is 11.1 Å². The molecule has 6 nitrogen and oxygen atoms in total. The van der Waals surface area contributed by atoms with Gasteiger partial charge in [-0.2, -0.15) is 17.6 Å². The highest BCUT2D eigenvalue weighted by Gasteiger charge is 2.48. The van der Waals surface area contributed by atoms with Gasteiger partial charge >= 0.3 is 12.3 Å². The van der Waals surface area contributed by atoms with Crippen molar-refractivity contribution in [3.05, 3.63) is 65.2 Å². The number of rotatable bonds is 6. The van der Waals surface area contributed by atoms with Crippen molar-refractivity contribution < 1.29 is 31.6 Å². The molecular formula is C24H31F4N3O3S. The molecule has 1 aromatic heterocycles. The van der Waals surface area contributed by atoms with Crippen molar-refractivity contribution in [2.24, 2.45) is 0 Å². The minimum atomic E-state index is -4.58. The number of ether oxygens (including phenoxy) is 1. The van der Waals surface area contributed by atoms with Crippen LogP contribution < -0.4 is 10.0 Å². The lowest BCUT2D eigenvalue weighted by Crippen LogP contribution is -2.62. The van der Waals surface area contributed by atoms with Gasteiger partial charge in [-0.05, 0) is 83.9 Å². The predicted molar refractivity (Wildman–Crippen MR) is 126 cm³/mol. The largest absolute Gasteiger partial charge is 0.598 e. The quantitative estimate of drug-likeness (QED) is 0.302. The molecule has 2 unspecified atom stereocenters.